The largest absolute Gasteiger partial charge is 0.493 e. The van der Waals surface area contributed by atoms with Crippen molar-refractivity contribution in [2.45, 2.75) is 13.2 Å². The molecule has 1 aliphatic heterocycles. The van der Waals surface area contributed by atoms with Crippen LogP contribution in [0.25, 0.3) is 6.08 Å². The quantitative estimate of drug-likeness (QED) is 0.225. The number of imide groups is 1. The minimum Gasteiger partial charge on any atom is -0.493 e. The molecule has 0 saturated carbocycles. The molecule has 3 aromatic rings. The van der Waals surface area contributed by atoms with Gasteiger partial charge in [-0.3, -0.25) is 9.69 Å². The number of nitrogens with zero attached hydrogens (tertiary/aromatic N) is 1. The normalized spacial score (nSPS) is 14.2. The summed E-state index contributed by atoms with van der Waals surface area (Å²) in [5, 5.41) is 3.19. The fraction of sp³-hybridized carbons (Fsp3) is 0.160. The molecule has 0 bridgehead atoms. The lowest BCUT2D eigenvalue weighted by atomic mass is 10.1. The Balaban J connectivity index is 1.50. The number of methoxy groups -OCH3 is 2. The summed E-state index contributed by atoms with van der Waals surface area (Å²) in [4.78, 5) is 37.8. The van der Waals surface area contributed by atoms with Crippen molar-refractivity contribution in [3.63, 3.8) is 0 Å². The molecule has 0 radical (unpaired) electrons. The Hall–Kier alpha value is -3.76. The highest BCUT2D eigenvalue weighted by Crippen LogP contribution is 2.38. The number of carbonyl (C=O) groups is 3. The van der Waals surface area contributed by atoms with Crippen LogP contribution >= 0.6 is 27.5 Å². The number of benzene rings is 2. The first-order chi connectivity index (χ1) is 17.3. The molecule has 186 valence electrons. The average Bonchev–Trinajstić information content (AvgIpc) is 3.44. The van der Waals surface area contributed by atoms with E-state index in [-0.39, 0.29) is 23.8 Å². The maximum atomic E-state index is 12.9. The smallest absolute Gasteiger partial charge is 0.373 e. The zero-order valence-corrected chi connectivity index (χ0v) is 21.5. The number of halogens is 2. The Kier molecular flexibility index (Phi) is 7.66. The number of urea groups is 1. The summed E-state index contributed by atoms with van der Waals surface area (Å²) < 4.78 is 22.0. The molecule has 0 aliphatic carbocycles. The predicted molar refractivity (Wildman–Crippen MR) is 134 cm³/mol. The van der Waals surface area contributed by atoms with Crippen LogP contribution in [0.2, 0.25) is 5.02 Å². The standard InChI is InChI=1S/C25H20BrClN2O7/c1-33-21-11-15(9-18(26)22(21)35-13-14-3-5-16(27)6-4-14)10-19-23(30)29(25(32)28-19)12-17-7-8-20(36-17)24(31)34-2/h3-11H,12-13H2,1-2H3,(H,28,32)/b19-10-. The van der Waals surface area contributed by atoms with Gasteiger partial charge in [-0.05, 0) is 69.5 Å². The predicted octanol–water partition coefficient (Wildman–Crippen LogP) is 5.16. The van der Waals surface area contributed by atoms with Crippen LogP contribution in [-0.4, -0.2) is 37.0 Å². The van der Waals surface area contributed by atoms with E-state index in [1.54, 1.807) is 24.3 Å². The highest BCUT2D eigenvalue weighted by Gasteiger charge is 2.34. The minimum atomic E-state index is -0.654. The van der Waals surface area contributed by atoms with Crippen LogP contribution in [-0.2, 0) is 22.7 Å². The molecule has 0 atom stereocenters. The number of esters is 1. The van der Waals surface area contributed by atoms with Crippen LogP contribution in [0.1, 0.15) is 27.4 Å². The Bertz CT molecular complexity index is 1350. The number of furan rings is 1. The molecular formula is C25H20BrClN2O7. The topological polar surface area (TPSA) is 107 Å². The van der Waals surface area contributed by atoms with Gasteiger partial charge in [0.1, 0.15) is 18.1 Å². The van der Waals surface area contributed by atoms with Crippen molar-refractivity contribution >= 4 is 51.5 Å². The molecule has 1 saturated heterocycles. The van der Waals surface area contributed by atoms with E-state index < -0.39 is 17.9 Å². The molecule has 3 amide bonds. The van der Waals surface area contributed by atoms with Gasteiger partial charge in [-0.25, -0.2) is 9.59 Å². The van der Waals surface area contributed by atoms with E-state index >= 15 is 0 Å². The summed E-state index contributed by atoms with van der Waals surface area (Å²) in [7, 11) is 2.73. The van der Waals surface area contributed by atoms with Gasteiger partial charge < -0.3 is 23.9 Å². The van der Waals surface area contributed by atoms with E-state index in [9.17, 15) is 14.4 Å². The number of nitrogens with one attached hydrogen (secondary N) is 1. The highest BCUT2D eigenvalue weighted by atomic mass is 79.9. The van der Waals surface area contributed by atoms with Gasteiger partial charge in [0, 0.05) is 5.02 Å². The number of amides is 3. The van der Waals surface area contributed by atoms with Crippen molar-refractivity contribution in [3.05, 3.63) is 86.4 Å². The number of carbonyl (C=O) groups excluding carboxylic acids is 3. The minimum absolute atomic E-state index is 0.0226. The molecule has 1 N–H and O–H groups in total. The number of hydrogen-bond acceptors (Lipinski definition) is 7. The molecule has 9 nitrogen and oxygen atoms in total. The highest BCUT2D eigenvalue weighted by molar-refractivity contribution is 9.10. The fourth-order valence-electron chi connectivity index (χ4n) is 3.41. The van der Waals surface area contributed by atoms with Crippen LogP contribution in [0.4, 0.5) is 4.79 Å². The zero-order chi connectivity index (χ0) is 25.8. The molecule has 11 heteroatoms. The molecular weight excluding hydrogens is 556 g/mol. The lowest BCUT2D eigenvalue weighted by molar-refractivity contribution is -0.123. The summed E-state index contributed by atoms with van der Waals surface area (Å²) >= 11 is 9.42. The van der Waals surface area contributed by atoms with Crippen molar-refractivity contribution in [1.29, 1.82) is 0 Å². The summed E-state index contributed by atoms with van der Waals surface area (Å²) in [6.45, 7) is 0.143. The Morgan fingerprint density at radius 2 is 1.89 bits per heavy atom. The van der Waals surface area contributed by atoms with Gasteiger partial charge in [0.25, 0.3) is 5.91 Å². The molecule has 1 aliphatic rings. The third-order valence-electron chi connectivity index (χ3n) is 5.18. The fourth-order valence-corrected chi connectivity index (χ4v) is 4.11. The van der Waals surface area contributed by atoms with Crippen LogP contribution in [0, 0.1) is 0 Å². The molecule has 1 fully saturated rings. The summed E-state index contributed by atoms with van der Waals surface area (Å²) in [6.07, 6.45) is 1.53. The second-order valence-corrected chi connectivity index (χ2v) is 8.88. The maximum absolute atomic E-state index is 12.9. The van der Waals surface area contributed by atoms with Crippen LogP contribution in [0.15, 0.2) is 63.1 Å². The van der Waals surface area contributed by atoms with E-state index in [1.807, 2.05) is 12.1 Å². The van der Waals surface area contributed by atoms with E-state index in [1.165, 1.54) is 32.4 Å². The maximum Gasteiger partial charge on any atom is 0.373 e. The molecule has 1 aromatic heterocycles. The van der Waals surface area contributed by atoms with E-state index in [2.05, 4.69) is 26.0 Å². The summed E-state index contributed by atoms with van der Waals surface area (Å²) in [5.74, 6) is -0.0484. The molecule has 0 unspecified atom stereocenters. The van der Waals surface area contributed by atoms with Crippen molar-refractivity contribution in [1.82, 2.24) is 10.2 Å². The second-order valence-electron chi connectivity index (χ2n) is 7.59. The lowest BCUT2D eigenvalue weighted by Gasteiger charge is -2.14. The van der Waals surface area contributed by atoms with Crippen LogP contribution < -0.4 is 14.8 Å². The monoisotopic (exact) mass is 574 g/mol. The zero-order valence-electron chi connectivity index (χ0n) is 19.2. The van der Waals surface area contributed by atoms with Crippen molar-refractivity contribution in [2.24, 2.45) is 0 Å². The van der Waals surface area contributed by atoms with Gasteiger partial charge in [0.2, 0.25) is 5.76 Å². The van der Waals surface area contributed by atoms with E-state index in [0.29, 0.717) is 33.2 Å². The second kappa shape index (κ2) is 10.9. The van der Waals surface area contributed by atoms with Crippen molar-refractivity contribution in [3.8, 4) is 11.5 Å². The molecule has 2 aromatic carbocycles. The Morgan fingerprint density at radius 3 is 2.58 bits per heavy atom. The lowest BCUT2D eigenvalue weighted by Crippen LogP contribution is -2.30. The van der Waals surface area contributed by atoms with Gasteiger partial charge in [0.05, 0.1) is 25.2 Å². The van der Waals surface area contributed by atoms with Gasteiger partial charge in [-0.1, -0.05) is 23.7 Å². The van der Waals surface area contributed by atoms with Gasteiger partial charge in [-0.15, -0.1) is 0 Å². The van der Waals surface area contributed by atoms with Crippen LogP contribution in [0.5, 0.6) is 11.5 Å². The van der Waals surface area contributed by atoms with E-state index in [0.717, 1.165) is 10.5 Å². The first-order valence-corrected chi connectivity index (χ1v) is 11.7. The van der Waals surface area contributed by atoms with Gasteiger partial charge in [-0.2, -0.15) is 0 Å². The summed E-state index contributed by atoms with van der Waals surface area (Å²) in [5.41, 5.74) is 1.59. The molecule has 0 spiro atoms. The molecule has 4 rings (SSSR count). The third kappa shape index (κ3) is 5.55. The van der Waals surface area contributed by atoms with Gasteiger partial charge in [0.15, 0.2) is 11.5 Å². The number of hydrogen-bond donors (Lipinski definition) is 1. The summed E-state index contributed by atoms with van der Waals surface area (Å²) in [6, 6.07) is 13.0. The van der Waals surface area contributed by atoms with Gasteiger partial charge >= 0.3 is 12.0 Å². The number of rotatable bonds is 8. The van der Waals surface area contributed by atoms with E-state index in [4.69, 9.17) is 25.5 Å². The Labute approximate surface area is 219 Å². The number of ether oxygens (including phenoxy) is 3. The van der Waals surface area contributed by atoms with Crippen LogP contribution in [0.3, 0.4) is 0 Å². The SMILES string of the molecule is COC(=O)c1ccc(CN2C(=O)N/C(=C\c3cc(Br)c(OCc4ccc(Cl)cc4)c(OC)c3)C2=O)o1. The van der Waals surface area contributed by atoms with Crippen molar-refractivity contribution < 1.29 is 33.0 Å². The first kappa shape index (κ1) is 25.3. The molecule has 2 heterocycles. The molecule has 36 heavy (non-hydrogen) atoms. The Morgan fingerprint density at radius 1 is 1.14 bits per heavy atom. The van der Waals surface area contributed by atoms with Crippen molar-refractivity contribution in [2.75, 3.05) is 14.2 Å². The first-order valence-electron chi connectivity index (χ1n) is 10.6. The third-order valence-corrected chi connectivity index (χ3v) is 6.02. The average molecular weight is 576 g/mol.